The highest BCUT2D eigenvalue weighted by Gasteiger charge is 2.15. The largest absolute Gasteiger partial charge is 0.0699 e. The van der Waals surface area contributed by atoms with Crippen molar-refractivity contribution in [3.05, 3.63) is 59.7 Å². The Morgan fingerprint density at radius 2 is 1.69 bits per heavy atom. The Hall–Kier alpha value is -1.74. The second-order valence-corrected chi connectivity index (χ2v) is 3.35. The second-order valence-electron chi connectivity index (χ2n) is 3.35. The number of benzene rings is 1. The van der Waals surface area contributed by atoms with Crippen LogP contribution < -0.4 is 0 Å². The van der Waals surface area contributed by atoms with Crippen LogP contribution in [0, 0.1) is 12.1 Å². The molecule has 60 valence electrons. The maximum absolute atomic E-state index is 3.01. The van der Waals surface area contributed by atoms with Crippen molar-refractivity contribution in [3.63, 3.8) is 0 Å². The fourth-order valence-corrected chi connectivity index (χ4v) is 1.95. The Kier molecular flexibility index (Phi) is 1.23. The van der Waals surface area contributed by atoms with Crippen molar-refractivity contribution in [3.8, 4) is 11.1 Å². The molecular formula is C13H8. The van der Waals surface area contributed by atoms with Crippen LogP contribution in [0.3, 0.4) is 0 Å². The van der Waals surface area contributed by atoms with Crippen LogP contribution in [0.1, 0.15) is 11.1 Å². The van der Waals surface area contributed by atoms with Gasteiger partial charge in [-0.2, -0.15) is 0 Å². The molecule has 0 unspecified atom stereocenters. The Morgan fingerprint density at radius 1 is 0.846 bits per heavy atom. The highest BCUT2D eigenvalue weighted by molar-refractivity contribution is 5.75. The molecule has 0 bridgehead atoms. The SMILES string of the molecule is c1cc2c(cc#1)-c1ccccc1C2. The molecule has 2 aromatic rings. The number of hydrogen-bond donors (Lipinski definition) is 0. The van der Waals surface area contributed by atoms with Crippen LogP contribution in [-0.2, 0) is 6.42 Å². The molecule has 0 nitrogen and oxygen atoms in total. The average Bonchev–Trinajstić information content (AvgIpc) is 2.56. The van der Waals surface area contributed by atoms with Crippen molar-refractivity contribution in [1.82, 2.24) is 0 Å². The molecule has 0 atom stereocenters. The molecule has 1 aliphatic carbocycles. The van der Waals surface area contributed by atoms with Crippen LogP contribution in [0.5, 0.6) is 0 Å². The highest BCUT2D eigenvalue weighted by atomic mass is 14.2. The van der Waals surface area contributed by atoms with E-state index >= 15 is 0 Å². The Bertz CT molecular complexity index is 412. The Labute approximate surface area is 77.8 Å². The summed E-state index contributed by atoms with van der Waals surface area (Å²) in [5.41, 5.74) is 5.49. The summed E-state index contributed by atoms with van der Waals surface area (Å²) in [5, 5.41) is 0. The van der Waals surface area contributed by atoms with Crippen molar-refractivity contribution in [2.24, 2.45) is 0 Å². The van der Waals surface area contributed by atoms with Crippen molar-refractivity contribution in [2.45, 2.75) is 6.42 Å². The van der Waals surface area contributed by atoms with E-state index in [4.69, 9.17) is 0 Å². The minimum Gasteiger partial charge on any atom is -0.0699 e. The molecule has 3 rings (SSSR count). The van der Waals surface area contributed by atoms with Gasteiger partial charge in [-0.3, -0.25) is 0 Å². The molecule has 0 aromatic heterocycles. The van der Waals surface area contributed by atoms with Crippen molar-refractivity contribution in [1.29, 1.82) is 0 Å². The van der Waals surface area contributed by atoms with Gasteiger partial charge in [0.1, 0.15) is 0 Å². The minimum absolute atomic E-state index is 1.05. The number of fused-ring (bicyclic) bond motifs is 3. The Balaban J connectivity index is 2.32. The average molecular weight is 164 g/mol. The first kappa shape index (κ1) is 6.74. The summed E-state index contributed by atoms with van der Waals surface area (Å²) in [5.74, 6) is 0. The normalized spacial score (nSPS) is 11.7. The molecule has 0 heterocycles. The monoisotopic (exact) mass is 164 g/mol. The molecule has 0 amide bonds. The van der Waals surface area contributed by atoms with Gasteiger partial charge in [-0.05, 0) is 40.8 Å². The van der Waals surface area contributed by atoms with Crippen molar-refractivity contribution < 1.29 is 0 Å². The highest BCUT2D eigenvalue weighted by Crippen LogP contribution is 2.34. The molecule has 0 N–H and O–H groups in total. The summed E-state index contributed by atoms with van der Waals surface area (Å²) in [6.07, 6.45) is 1.05. The molecule has 0 fully saturated rings. The first-order valence-corrected chi connectivity index (χ1v) is 4.44. The van der Waals surface area contributed by atoms with Gasteiger partial charge in [-0.15, -0.1) is 0 Å². The van der Waals surface area contributed by atoms with Crippen LogP contribution >= 0.6 is 0 Å². The predicted molar refractivity (Wildman–Crippen MR) is 52.4 cm³/mol. The van der Waals surface area contributed by atoms with Gasteiger partial charge in [-0.25, -0.2) is 0 Å². The Morgan fingerprint density at radius 3 is 2.69 bits per heavy atom. The maximum Gasteiger partial charge on any atom is -0.000685 e. The summed E-state index contributed by atoms with van der Waals surface area (Å²) >= 11 is 0. The van der Waals surface area contributed by atoms with Gasteiger partial charge in [0.2, 0.25) is 0 Å². The molecule has 0 radical (unpaired) electrons. The predicted octanol–water partition coefficient (Wildman–Crippen LogP) is 2.86. The lowest BCUT2D eigenvalue weighted by Crippen LogP contribution is -1.76. The van der Waals surface area contributed by atoms with E-state index in [1.807, 2.05) is 12.1 Å². The van der Waals surface area contributed by atoms with Gasteiger partial charge in [0, 0.05) is 0 Å². The summed E-state index contributed by atoms with van der Waals surface area (Å²) in [7, 11) is 0. The third-order valence-corrected chi connectivity index (χ3v) is 2.58. The van der Waals surface area contributed by atoms with Gasteiger partial charge >= 0.3 is 0 Å². The second kappa shape index (κ2) is 2.37. The van der Waals surface area contributed by atoms with Crippen LogP contribution in [0.2, 0.25) is 0 Å². The van der Waals surface area contributed by atoms with Crippen LogP contribution in [0.15, 0.2) is 36.4 Å². The lowest BCUT2D eigenvalue weighted by atomic mass is 10.1. The van der Waals surface area contributed by atoms with Crippen molar-refractivity contribution in [2.75, 3.05) is 0 Å². The first-order valence-electron chi connectivity index (χ1n) is 4.44. The molecule has 13 heavy (non-hydrogen) atoms. The molecule has 0 spiro atoms. The maximum atomic E-state index is 3.01. The van der Waals surface area contributed by atoms with E-state index in [0.717, 1.165) is 6.42 Å². The molecule has 0 saturated carbocycles. The van der Waals surface area contributed by atoms with Gasteiger partial charge in [0.15, 0.2) is 0 Å². The van der Waals surface area contributed by atoms with Crippen LogP contribution in [0.4, 0.5) is 0 Å². The topological polar surface area (TPSA) is 0 Å². The lowest BCUT2D eigenvalue weighted by molar-refractivity contribution is 1.26. The van der Waals surface area contributed by atoms with Crippen LogP contribution in [0.25, 0.3) is 11.1 Å². The fraction of sp³-hybridized carbons (Fsp3) is 0.0769. The zero-order valence-corrected chi connectivity index (χ0v) is 7.17. The van der Waals surface area contributed by atoms with E-state index in [2.05, 4.69) is 36.4 Å². The molecular weight excluding hydrogens is 156 g/mol. The molecule has 0 saturated heterocycles. The standard InChI is InChI=1S/C13H8/c1-3-7-12-10(5-1)9-11-6-2-4-8-13(11)12/h1,3,5-8H,9H2. The molecule has 0 aliphatic heterocycles. The van der Waals surface area contributed by atoms with E-state index in [-0.39, 0.29) is 0 Å². The number of hydrogen-bond acceptors (Lipinski definition) is 0. The van der Waals surface area contributed by atoms with E-state index in [1.165, 1.54) is 22.3 Å². The van der Waals surface area contributed by atoms with E-state index < -0.39 is 0 Å². The zero-order chi connectivity index (χ0) is 8.67. The molecule has 1 aliphatic rings. The summed E-state index contributed by atoms with van der Waals surface area (Å²) in [6, 6.07) is 18.6. The van der Waals surface area contributed by atoms with E-state index in [0.29, 0.717) is 0 Å². The van der Waals surface area contributed by atoms with Gasteiger partial charge in [-0.1, -0.05) is 36.4 Å². The molecule has 2 aromatic carbocycles. The third-order valence-electron chi connectivity index (χ3n) is 2.58. The lowest BCUT2D eigenvalue weighted by Gasteiger charge is -1.96. The van der Waals surface area contributed by atoms with E-state index in [1.54, 1.807) is 0 Å². The van der Waals surface area contributed by atoms with Gasteiger partial charge in [0.25, 0.3) is 0 Å². The third kappa shape index (κ3) is 0.877. The summed E-state index contributed by atoms with van der Waals surface area (Å²) in [6.45, 7) is 0. The first-order chi connectivity index (χ1) is 6.45. The molecule has 0 heteroatoms. The van der Waals surface area contributed by atoms with Crippen molar-refractivity contribution >= 4 is 0 Å². The smallest absolute Gasteiger partial charge is 0.000685 e. The minimum atomic E-state index is 1.05. The van der Waals surface area contributed by atoms with Gasteiger partial charge in [0.05, 0.1) is 0 Å². The summed E-state index contributed by atoms with van der Waals surface area (Å²) in [4.78, 5) is 0. The fourth-order valence-electron chi connectivity index (χ4n) is 1.95. The zero-order valence-electron chi connectivity index (χ0n) is 7.17. The van der Waals surface area contributed by atoms with Crippen LogP contribution in [-0.4, -0.2) is 0 Å². The number of rotatable bonds is 0. The van der Waals surface area contributed by atoms with Gasteiger partial charge < -0.3 is 0 Å². The summed E-state index contributed by atoms with van der Waals surface area (Å²) < 4.78 is 0. The van der Waals surface area contributed by atoms with E-state index in [9.17, 15) is 0 Å². The quantitative estimate of drug-likeness (QED) is 0.479.